The average molecular weight is 266 g/mol. The van der Waals surface area contributed by atoms with Gasteiger partial charge in [0.1, 0.15) is 0 Å². The van der Waals surface area contributed by atoms with Gasteiger partial charge in [0.05, 0.1) is 9.50 Å². The van der Waals surface area contributed by atoms with E-state index in [1.807, 2.05) is 18.5 Å². The smallest absolute Gasteiger partial charge is 0.177 e. The van der Waals surface area contributed by atoms with Crippen LogP contribution in [0.25, 0.3) is 0 Å². The summed E-state index contributed by atoms with van der Waals surface area (Å²) in [7, 11) is -1.25. The molecule has 0 N–H and O–H groups in total. The number of aromatic nitrogens is 1. The minimum atomic E-state index is -3.10. The van der Waals surface area contributed by atoms with Crippen molar-refractivity contribution in [3.05, 3.63) is 16.4 Å². The van der Waals surface area contributed by atoms with Crippen molar-refractivity contribution < 1.29 is 8.42 Å². The van der Waals surface area contributed by atoms with E-state index >= 15 is 0 Å². The highest BCUT2D eigenvalue weighted by atomic mass is 79.9. The van der Waals surface area contributed by atoms with Crippen LogP contribution in [0.1, 0.15) is 12.6 Å². The maximum atomic E-state index is 11.3. The molecule has 0 unspecified atom stereocenters. The molecular formula is C8H12BrNO2S. The lowest BCUT2D eigenvalue weighted by Gasteiger charge is -2.02. The summed E-state index contributed by atoms with van der Waals surface area (Å²) in [5.41, 5.74) is 0.842. The van der Waals surface area contributed by atoms with Crippen molar-refractivity contribution in [2.45, 2.75) is 18.2 Å². The van der Waals surface area contributed by atoms with Crippen LogP contribution in [0.4, 0.5) is 0 Å². The molecule has 1 heterocycles. The van der Waals surface area contributed by atoms with Gasteiger partial charge in [-0.3, -0.25) is 0 Å². The zero-order valence-electron chi connectivity index (χ0n) is 7.83. The Morgan fingerprint density at radius 1 is 1.54 bits per heavy atom. The molecule has 13 heavy (non-hydrogen) atoms. The minimum absolute atomic E-state index is 0.421. The fourth-order valence-corrected chi connectivity index (χ4v) is 2.94. The Bertz CT molecular complexity index is 420. The predicted octanol–water partition coefficient (Wildman–Crippen LogP) is 1.75. The van der Waals surface area contributed by atoms with E-state index in [1.165, 1.54) is 6.26 Å². The molecule has 0 fully saturated rings. The summed E-state index contributed by atoms with van der Waals surface area (Å²) in [6, 6.07) is 1.65. The molecule has 0 aliphatic carbocycles. The van der Waals surface area contributed by atoms with Crippen LogP contribution < -0.4 is 0 Å². The number of rotatable bonds is 2. The second kappa shape index (κ2) is 3.46. The molecule has 0 bridgehead atoms. The maximum absolute atomic E-state index is 11.3. The highest BCUT2D eigenvalue weighted by Crippen LogP contribution is 2.24. The van der Waals surface area contributed by atoms with Gasteiger partial charge in [0.2, 0.25) is 0 Å². The van der Waals surface area contributed by atoms with E-state index in [0.29, 0.717) is 11.3 Å². The molecule has 3 nitrogen and oxygen atoms in total. The summed E-state index contributed by atoms with van der Waals surface area (Å²) in [5.74, 6) is 0. The molecule has 74 valence electrons. The largest absolute Gasteiger partial charge is 0.341 e. The summed E-state index contributed by atoms with van der Waals surface area (Å²) in [6.45, 7) is 1.94. The van der Waals surface area contributed by atoms with Crippen LogP contribution in [0.15, 0.2) is 15.6 Å². The maximum Gasteiger partial charge on any atom is 0.177 e. The summed E-state index contributed by atoms with van der Waals surface area (Å²) in [6.07, 6.45) is 1.94. The first-order chi connectivity index (χ1) is 5.88. The Morgan fingerprint density at radius 2 is 2.08 bits per heavy atom. The summed E-state index contributed by atoms with van der Waals surface area (Å²) >= 11 is 3.30. The van der Waals surface area contributed by atoms with Gasteiger partial charge in [-0.05, 0) is 28.4 Å². The summed E-state index contributed by atoms with van der Waals surface area (Å²) in [4.78, 5) is 0.421. The lowest BCUT2D eigenvalue weighted by Crippen LogP contribution is -2.02. The molecule has 0 radical (unpaired) electrons. The Morgan fingerprint density at radius 3 is 2.38 bits per heavy atom. The van der Waals surface area contributed by atoms with E-state index in [1.54, 1.807) is 6.07 Å². The molecule has 0 aliphatic rings. The molecule has 1 aromatic rings. The van der Waals surface area contributed by atoms with E-state index in [4.69, 9.17) is 0 Å². The van der Waals surface area contributed by atoms with Crippen molar-refractivity contribution in [1.82, 2.24) is 4.57 Å². The highest BCUT2D eigenvalue weighted by Gasteiger charge is 2.17. The summed E-state index contributed by atoms with van der Waals surface area (Å²) in [5, 5.41) is 0. The molecule has 0 saturated carbocycles. The van der Waals surface area contributed by atoms with Gasteiger partial charge in [-0.2, -0.15) is 0 Å². The van der Waals surface area contributed by atoms with E-state index in [0.717, 1.165) is 10.3 Å². The third-order valence-corrected chi connectivity index (χ3v) is 3.91. The van der Waals surface area contributed by atoms with Crippen molar-refractivity contribution >= 4 is 25.8 Å². The fraction of sp³-hybridized carbons (Fsp3) is 0.500. The second-order valence-electron chi connectivity index (χ2n) is 2.96. The highest BCUT2D eigenvalue weighted by molar-refractivity contribution is 9.10. The topological polar surface area (TPSA) is 39.1 Å². The van der Waals surface area contributed by atoms with Crippen LogP contribution in [0, 0.1) is 0 Å². The van der Waals surface area contributed by atoms with Crippen LogP contribution in [-0.2, 0) is 23.3 Å². The Balaban J connectivity index is 3.48. The van der Waals surface area contributed by atoms with E-state index < -0.39 is 9.84 Å². The standard InChI is InChI=1S/C8H12BrNO2S/c1-4-6-7(13(3,11)12)5-8(9)10(6)2/h5H,4H2,1-3H3. The Labute approximate surface area is 86.8 Å². The van der Waals surface area contributed by atoms with Crippen LogP contribution in [0.5, 0.6) is 0 Å². The van der Waals surface area contributed by atoms with Crippen LogP contribution in [-0.4, -0.2) is 19.2 Å². The van der Waals surface area contributed by atoms with E-state index in [2.05, 4.69) is 15.9 Å². The second-order valence-corrected chi connectivity index (χ2v) is 5.76. The van der Waals surface area contributed by atoms with Gasteiger partial charge >= 0.3 is 0 Å². The lowest BCUT2D eigenvalue weighted by atomic mass is 10.3. The molecule has 0 spiro atoms. The van der Waals surface area contributed by atoms with E-state index in [9.17, 15) is 8.42 Å². The van der Waals surface area contributed by atoms with Crippen molar-refractivity contribution in [3.8, 4) is 0 Å². The number of halogens is 1. The molecule has 0 atom stereocenters. The minimum Gasteiger partial charge on any atom is -0.341 e. The van der Waals surface area contributed by atoms with Gasteiger partial charge in [-0.1, -0.05) is 6.92 Å². The molecule has 0 amide bonds. The van der Waals surface area contributed by atoms with Gasteiger partial charge in [0.25, 0.3) is 0 Å². The van der Waals surface area contributed by atoms with Crippen LogP contribution >= 0.6 is 15.9 Å². The van der Waals surface area contributed by atoms with Gasteiger partial charge in [-0.25, -0.2) is 8.42 Å². The number of hydrogen-bond donors (Lipinski definition) is 0. The van der Waals surface area contributed by atoms with Crippen molar-refractivity contribution in [3.63, 3.8) is 0 Å². The fourth-order valence-electron chi connectivity index (χ4n) is 1.31. The number of hydrogen-bond acceptors (Lipinski definition) is 2. The van der Waals surface area contributed by atoms with Crippen LogP contribution in [0.3, 0.4) is 0 Å². The van der Waals surface area contributed by atoms with Gasteiger partial charge < -0.3 is 4.57 Å². The first kappa shape index (κ1) is 10.8. The lowest BCUT2D eigenvalue weighted by molar-refractivity contribution is 0.600. The third kappa shape index (κ3) is 1.96. The molecule has 1 rings (SSSR count). The molecule has 0 aromatic carbocycles. The third-order valence-electron chi connectivity index (χ3n) is 1.99. The zero-order valence-corrected chi connectivity index (χ0v) is 10.2. The normalized spacial score (nSPS) is 12.0. The predicted molar refractivity (Wildman–Crippen MR) is 55.6 cm³/mol. The molecule has 0 aliphatic heterocycles. The van der Waals surface area contributed by atoms with Gasteiger partial charge in [0.15, 0.2) is 9.84 Å². The number of sulfone groups is 1. The SMILES string of the molecule is CCc1c(S(C)(=O)=O)cc(Br)n1C. The molecular weight excluding hydrogens is 254 g/mol. The number of nitrogens with zero attached hydrogens (tertiary/aromatic N) is 1. The first-order valence-electron chi connectivity index (χ1n) is 3.92. The first-order valence-corrected chi connectivity index (χ1v) is 6.60. The molecule has 0 saturated heterocycles. The van der Waals surface area contributed by atoms with Crippen molar-refractivity contribution in [2.24, 2.45) is 7.05 Å². The molecule has 5 heteroatoms. The quantitative estimate of drug-likeness (QED) is 0.818. The Hall–Kier alpha value is -0.290. The Kier molecular flexibility index (Phi) is 2.87. The van der Waals surface area contributed by atoms with Gasteiger partial charge in [-0.15, -0.1) is 0 Å². The van der Waals surface area contributed by atoms with Crippen molar-refractivity contribution in [1.29, 1.82) is 0 Å². The van der Waals surface area contributed by atoms with Gasteiger partial charge in [0, 0.05) is 19.0 Å². The van der Waals surface area contributed by atoms with Crippen LogP contribution in [0.2, 0.25) is 0 Å². The zero-order chi connectivity index (χ0) is 10.2. The van der Waals surface area contributed by atoms with E-state index in [-0.39, 0.29) is 0 Å². The summed E-state index contributed by atoms with van der Waals surface area (Å²) < 4.78 is 25.3. The monoisotopic (exact) mass is 265 g/mol. The van der Waals surface area contributed by atoms with Crippen molar-refractivity contribution in [2.75, 3.05) is 6.26 Å². The average Bonchev–Trinajstić information content (AvgIpc) is 2.28. The molecule has 1 aromatic heterocycles.